The minimum Gasteiger partial charge on any atom is -0.303 e. The summed E-state index contributed by atoms with van der Waals surface area (Å²) in [6.45, 7) is 1.98. The molecule has 2 heterocycles. The van der Waals surface area contributed by atoms with E-state index in [4.69, 9.17) is 0 Å². The van der Waals surface area contributed by atoms with Crippen LogP contribution in [0.4, 0.5) is 8.78 Å². The van der Waals surface area contributed by atoms with E-state index in [1.54, 1.807) is 12.1 Å². The van der Waals surface area contributed by atoms with Crippen LogP contribution in [0.2, 0.25) is 0 Å². The van der Waals surface area contributed by atoms with Crippen LogP contribution in [0, 0.1) is 17.6 Å². The van der Waals surface area contributed by atoms with E-state index >= 15 is 0 Å². The van der Waals surface area contributed by atoms with Gasteiger partial charge in [0.2, 0.25) is 10.0 Å². The number of piperidine rings is 1. The van der Waals surface area contributed by atoms with E-state index in [1.807, 2.05) is 0 Å². The van der Waals surface area contributed by atoms with Gasteiger partial charge >= 0.3 is 0 Å². The summed E-state index contributed by atoms with van der Waals surface area (Å²) >= 11 is 0. The second-order valence-corrected chi connectivity index (χ2v) is 10.1. The Balaban J connectivity index is 1.29. The van der Waals surface area contributed by atoms with Gasteiger partial charge in [-0.2, -0.15) is 4.31 Å². The van der Waals surface area contributed by atoms with Crippen LogP contribution in [-0.4, -0.2) is 61.9 Å². The lowest BCUT2D eigenvalue weighted by molar-refractivity contribution is 0.0833. The Morgan fingerprint density at radius 3 is 2.47 bits per heavy atom. The number of sulfonamides is 1. The summed E-state index contributed by atoms with van der Waals surface area (Å²) in [4.78, 5) is 27.1. The first-order valence-electron chi connectivity index (χ1n) is 10.6. The van der Waals surface area contributed by atoms with Crippen molar-refractivity contribution in [2.75, 3.05) is 32.7 Å². The molecule has 1 fully saturated rings. The molecule has 0 bridgehead atoms. The molecule has 4 rings (SSSR count). The van der Waals surface area contributed by atoms with Crippen molar-refractivity contribution in [3.8, 4) is 0 Å². The number of benzene rings is 2. The van der Waals surface area contributed by atoms with Gasteiger partial charge in [0.1, 0.15) is 11.6 Å². The number of hydrogen-bond acceptors (Lipinski definition) is 5. The summed E-state index contributed by atoms with van der Waals surface area (Å²) in [5.74, 6) is -2.38. The molecule has 0 spiro atoms. The average molecular weight is 463 g/mol. The summed E-state index contributed by atoms with van der Waals surface area (Å²) in [6.07, 6.45) is 1.67. The zero-order valence-electron chi connectivity index (χ0n) is 17.5. The Bertz CT molecular complexity index is 1140. The van der Waals surface area contributed by atoms with E-state index in [0.717, 1.165) is 12.1 Å². The summed E-state index contributed by atoms with van der Waals surface area (Å²) in [5.41, 5.74) is 0.165. The lowest BCUT2D eigenvalue weighted by Crippen LogP contribution is -2.43. The third kappa shape index (κ3) is 4.51. The fourth-order valence-corrected chi connectivity index (χ4v) is 6.03. The molecule has 0 aliphatic carbocycles. The van der Waals surface area contributed by atoms with E-state index in [9.17, 15) is 26.8 Å². The molecule has 0 amide bonds. The molecule has 2 aromatic carbocycles. The van der Waals surface area contributed by atoms with Crippen molar-refractivity contribution in [1.82, 2.24) is 9.21 Å². The highest BCUT2D eigenvalue weighted by atomic mass is 32.2. The summed E-state index contributed by atoms with van der Waals surface area (Å²) < 4.78 is 53.8. The van der Waals surface area contributed by atoms with E-state index < -0.39 is 21.7 Å². The van der Waals surface area contributed by atoms with Crippen LogP contribution >= 0.6 is 0 Å². The molecule has 2 aromatic rings. The van der Waals surface area contributed by atoms with Crippen molar-refractivity contribution in [2.45, 2.75) is 24.2 Å². The fourth-order valence-electron chi connectivity index (χ4n) is 4.39. The minimum absolute atomic E-state index is 0.0589. The molecule has 0 saturated carbocycles. The Labute approximate surface area is 185 Å². The molecule has 0 N–H and O–H groups in total. The van der Waals surface area contributed by atoms with Gasteiger partial charge in [-0.15, -0.1) is 0 Å². The van der Waals surface area contributed by atoms with Crippen molar-refractivity contribution in [2.24, 2.45) is 5.92 Å². The molecule has 0 unspecified atom stereocenters. The first-order chi connectivity index (χ1) is 15.3. The molecule has 0 aromatic heterocycles. The predicted octanol–water partition coefficient (Wildman–Crippen LogP) is 3.14. The third-order valence-corrected chi connectivity index (χ3v) is 8.07. The van der Waals surface area contributed by atoms with Gasteiger partial charge in [-0.3, -0.25) is 9.59 Å². The number of hydrogen-bond donors (Lipinski definition) is 0. The van der Waals surface area contributed by atoms with E-state index in [-0.39, 0.29) is 46.6 Å². The van der Waals surface area contributed by atoms with Crippen LogP contribution in [0.5, 0.6) is 0 Å². The van der Waals surface area contributed by atoms with Crippen molar-refractivity contribution in [1.29, 1.82) is 0 Å². The minimum atomic E-state index is -3.69. The smallest absolute Gasteiger partial charge is 0.244 e. The fraction of sp³-hybridized carbons (Fsp3) is 0.391. The Morgan fingerprint density at radius 1 is 1.03 bits per heavy atom. The lowest BCUT2D eigenvalue weighted by Gasteiger charge is -2.32. The van der Waals surface area contributed by atoms with Gasteiger partial charge in [-0.25, -0.2) is 17.2 Å². The third-order valence-electron chi connectivity index (χ3n) is 6.16. The van der Waals surface area contributed by atoms with Gasteiger partial charge in [0.15, 0.2) is 11.6 Å². The lowest BCUT2D eigenvalue weighted by atomic mass is 9.88. The number of nitrogens with zero attached hydrogens (tertiary/aromatic N) is 2. The zero-order valence-corrected chi connectivity index (χ0v) is 18.3. The van der Waals surface area contributed by atoms with E-state index in [1.165, 1.54) is 22.5 Å². The molecule has 1 saturated heterocycles. The van der Waals surface area contributed by atoms with Crippen LogP contribution in [0.15, 0.2) is 47.4 Å². The van der Waals surface area contributed by atoms with Crippen LogP contribution in [-0.2, 0) is 10.0 Å². The molecule has 2 aliphatic heterocycles. The maximum atomic E-state index is 13.9. The second kappa shape index (κ2) is 9.17. The topological polar surface area (TPSA) is 74.8 Å². The second-order valence-electron chi connectivity index (χ2n) is 8.22. The Morgan fingerprint density at radius 2 is 1.75 bits per heavy atom. The summed E-state index contributed by atoms with van der Waals surface area (Å²) in [5, 5.41) is 0. The number of halogens is 2. The highest BCUT2D eigenvalue weighted by Crippen LogP contribution is 2.27. The standard InChI is InChI=1S/C23H24F2N2O4S/c24-17-6-7-18(20(25)14-17)23(29)16-8-12-26(13-9-16)10-3-11-27-15-21(28)19-4-1-2-5-22(19)32(27,30)31/h1-2,4-7,14,16H,3,8-13,15H2. The van der Waals surface area contributed by atoms with E-state index in [0.29, 0.717) is 38.9 Å². The zero-order chi connectivity index (χ0) is 22.9. The molecule has 170 valence electrons. The van der Waals surface area contributed by atoms with Crippen molar-refractivity contribution >= 4 is 21.6 Å². The quantitative estimate of drug-likeness (QED) is 0.617. The van der Waals surface area contributed by atoms with Crippen molar-refractivity contribution in [3.63, 3.8) is 0 Å². The van der Waals surface area contributed by atoms with Crippen LogP contribution in [0.1, 0.15) is 40.0 Å². The number of rotatable bonds is 6. The monoisotopic (exact) mass is 462 g/mol. The molecule has 2 aliphatic rings. The first-order valence-corrected chi connectivity index (χ1v) is 12.1. The number of fused-ring (bicyclic) bond motifs is 1. The summed E-state index contributed by atoms with van der Waals surface area (Å²) in [6, 6.07) is 9.26. The normalized spacial score (nSPS) is 19.6. The predicted molar refractivity (Wildman–Crippen MR) is 114 cm³/mol. The number of ketones is 2. The van der Waals surface area contributed by atoms with Crippen molar-refractivity contribution in [3.05, 3.63) is 65.2 Å². The highest BCUT2D eigenvalue weighted by molar-refractivity contribution is 7.89. The average Bonchev–Trinajstić information content (AvgIpc) is 2.77. The molecule has 9 heteroatoms. The molecule has 0 radical (unpaired) electrons. The van der Waals surface area contributed by atoms with Gasteiger partial charge in [0.25, 0.3) is 0 Å². The molecular formula is C23H24F2N2O4S. The number of likely N-dealkylation sites (tertiary alicyclic amines) is 1. The number of carbonyl (C=O) groups excluding carboxylic acids is 2. The molecule has 0 atom stereocenters. The van der Waals surface area contributed by atoms with Gasteiger partial charge in [0, 0.05) is 24.1 Å². The SMILES string of the molecule is O=C1CN(CCCN2CCC(C(=O)c3ccc(F)cc3F)CC2)S(=O)(=O)c2ccccc21. The van der Waals surface area contributed by atoms with Gasteiger partial charge in [0.05, 0.1) is 17.0 Å². The Kier molecular flexibility index (Phi) is 6.50. The van der Waals surface area contributed by atoms with Gasteiger partial charge in [-0.1, -0.05) is 12.1 Å². The molecule has 6 nitrogen and oxygen atoms in total. The highest BCUT2D eigenvalue weighted by Gasteiger charge is 2.35. The Hall–Kier alpha value is -2.49. The van der Waals surface area contributed by atoms with Crippen molar-refractivity contribution < 1.29 is 26.8 Å². The van der Waals surface area contributed by atoms with Crippen LogP contribution < -0.4 is 0 Å². The van der Waals surface area contributed by atoms with Crippen LogP contribution in [0.25, 0.3) is 0 Å². The van der Waals surface area contributed by atoms with Gasteiger partial charge < -0.3 is 4.90 Å². The maximum absolute atomic E-state index is 13.9. The largest absolute Gasteiger partial charge is 0.303 e. The summed E-state index contributed by atoms with van der Waals surface area (Å²) in [7, 11) is -3.69. The molecular weight excluding hydrogens is 438 g/mol. The number of carbonyl (C=O) groups is 2. The first kappa shape index (κ1) is 22.7. The maximum Gasteiger partial charge on any atom is 0.244 e. The molecule has 32 heavy (non-hydrogen) atoms. The van der Waals surface area contributed by atoms with Gasteiger partial charge in [-0.05, 0) is 63.2 Å². The van der Waals surface area contributed by atoms with E-state index in [2.05, 4.69) is 4.90 Å². The number of Topliss-reactive ketones (excluding diaryl/α,β-unsaturated/α-hetero) is 2. The van der Waals surface area contributed by atoms with Crippen LogP contribution in [0.3, 0.4) is 0 Å².